The van der Waals surface area contributed by atoms with Crippen LogP contribution in [0.3, 0.4) is 0 Å². The molecule has 0 unspecified atom stereocenters. The Labute approximate surface area is 176 Å². The van der Waals surface area contributed by atoms with E-state index in [1.54, 1.807) is 43.7 Å². The Balaban J connectivity index is 1.35. The molecule has 0 aliphatic rings. The van der Waals surface area contributed by atoms with Crippen LogP contribution in [0.25, 0.3) is 22.5 Å². The molecule has 0 atom stereocenters. The Kier molecular flexibility index (Phi) is 4.47. The molecular weight excluding hydrogens is 397 g/mol. The molecule has 0 aliphatic carbocycles. The third kappa shape index (κ3) is 3.52. The maximum Gasteiger partial charge on any atom is 0.295 e. The Morgan fingerprint density at radius 2 is 1.81 bits per heavy atom. The van der Waals surface area contributed by atoms with Gasteiger partial charge in [0.15, 0.2) is 0 Å². The molecule has 3 aromatic heterocycles. The predicted molar refractivity (Wildman–Crippen MR) is 113 cm³/mol. The fraction of sp³-hybridized carbons (Fsp3) is 0.0455. The Morgan fingerprint density at radius 1 is 1.00 bits per heavy atom. The van der Waals surface area contributed by atoms with E-state index in [1.807, 2.05) is 28.8 Å². The second kappa shape index (κ2) is 7.45. The zero-order chi connectivity index (χ0) is 21.4. The molecule has 31 heavy (non-hydrogen) atoms. The minimum absolute atomic E-state index is 0.00602. The van der Waals surface area contributed by atoms with Crippen LogP contribution in [-0.2, 0) is 0 Å². The van der Waals surface area contributed by atoms with Gasteiger partial charge in [0.25, 0.3) is 5.91 Å². The normalized spacial score (nSPS) is 11.0. The zero-order valence-electron chi connectivity index (χ0n) is 16.4. The first-order valence-electron chi connectivity index (χ1n) is 9.48. The highest BCUT2D eigenvalue weighted by Gasteiger charge is 2.16. The van der Waals surface area contributed by atoms with E-state index in [0.29, 0.717) is 23.0 Å². The number of amides is 1. The van der Waals surface area contributed by atoms with Gasteiger partial charge in [0.2, 0.25) is 5.82 Å². The first-order valence-corrected chi connectivity index (χ1v) is 9.48. The van der Waals surface area contributed by atoms with Gasteiger partial charge in [0, 0.05) is 0 Å². The number of nitrogens with zero attached hydrogens (tertiary/aromatic N) is 6. The number of pyridine rings is 1. The van der Waals surface area contributed by atoms with E-state index in [-0.39, 0.29) is 11.6 Å². The van der Waals surface area contributed by atoms with Crippen LogP contribution < -0.4 is 5.32 Å². The van der Waals surface area contributed by atoms with Gasteiger partial charge in [0.05, 0.1) is 28.6 Å². The lowest BCUT2D eigenvalue weighted by molar-refractivity contribution is 0.101. The summed E-state index contributed by atoms with van der Waals surface area (Å²) in [6, 6.07) is 17.1. The molecule has 152 valence electrons. The summed E-state index contributed by atoms with van der Waals surface area (Å²) in [4.78, 5) is 25.6. The number of aromatic nitrogens is 6. The first-order chi connectivity index (χ1) is 15.1. The highest BCUT2D eigenvalue weighted by Crippen LogP contribution is 2.18. The number of fused-ring (bicyclic) bond motifs is 1. The predicted octanol–water partition coefficient (Wildman–Crippen LogP) is 3.70. The van der Waals surface area contributed by atoms with Crippen molar-refractivity contribution >= 4 is 22.6 Å². The van der Waals surface area contributed by atoms with Crippen molar-refractivity contribution in [2.75, 3.05) is 5.32 Å². The number of anilines is 1. The number of carbonyl (C=O) groups is 1. The molecule has 2 aromatic carbocycles. The summed E-state index contributed by atoms with van der Waals surface area (Å²) in [6.45, 7) is 1.72. The monoisotopic (exact) mass is 413 g/mol. The minimum Gasteiger partial charge on any atom is -0.318 e. The van der Waals surface area contributed by atoms with E-state index in [0.717, 1.165) is 11.0 Å². The Morgan fingerprint density at radius 3 is 2.58 bits per heavy atom. The number of hydrogen-bond donors (Lipinski definition) is 1. The van der Waals surface area contributed by atoms with E-state index in [2.05, 4.69) is 25.4 Å². The van der Waals surface area contributed by atoms with Crippen LogP contribution in [-0.4, -0.2) is 35.2 Å². The van der Waals surface area contributed by atoms with E-state index in [1.165, 1.54) is 16.8 Å². The molecule has 9 heteroatoms. The third-order valence-electron chi connectivity index (χ3n) is 4.75. The van der Waals surface area contributed by atoms with Crippen molar-refractivity contribution < 1.29 is 9.18 Å². The van der Waals surface area contributed by atoms with Crippen molar-refractivity contribution in [1.82, 2.24) is 29.3 Å². The quantitative estimate of drug-likeness (QED) is 0.485. The van der Waals surface area contributed by atoms with Crippen LogP contribution in [0.4, 0.5) is 10.1 Å². The number of carbonyl (C=O) groups excluding carboxylic acids is 1. The maximum atomic E-state index is 13.2. The van der Waals surface area contributed by atoms with Gasteiger partial charge < -0.3 is 5.32 Å². The van der Waals surface area contributed by atoms with Crippen molar-refractivity contribution in [3.05, 3.63) is 90.7 Å². The summed E-state index contributed by atoms with van der Waals surface area (Å²) in [7, 11) is 0. The number of halogens is 1. The van der Waals surface area contributed by atoms with Crippen molar-refractivity contribution in [3.63, 3.8) is 0 Å². The van der Waals surface area contributed by atoms with E-state index in [9.17, 15) is 9.18 Å². The number of benzene rings is 2. The fourth-order valence-electron chi connectivity index (χ4n) is 3.24. The highest BCUT2D eigenvalue weighted by atomic mass is 19.1. The van der Waals surface area contributed by atoms with Crippen LogP contribution in [0.15, 0.2) is 73.2 Å². The first kappa shape index (κ1) is 18.6. The van der Waals surface area contributed by atoms with Gasteiger partial charge in [-0.05, 0) is 55.5 Å². The van der Waals surface area contributed by atoms with Crippen LogP contribution in [0, 0.1) is 12.7 Å². The number of aryl methyl sites for hydroxylation is 1. The summed E-state index contributed by atoms with van der Waals surface area (Å²) in [5.41, 5.74) is 2.94. The number of nitrogens with one attached hydrogen (secondary N) is 1. The van der Waals surface area contributed by atoms with Crippen LogP contribution in [0.1, 0.15) is 16.4 Å². The summed E-state index contributed by atoms with van der Waals surface area (Å²) in [5, 5.41) is 6.98. The van der Waals surface area contributed by atoms with E-state index >= 15 is 0 Å². The SMILES string of the molecule is Cc1nc(C(=O)Nc2ccc(-n3cnc4ccccc43)nc2)nn1-c1ccc(F)cc1. The molecule has 1 N–H and O–H groups in total. The lowest BCUT2D eigenvalue weighted by Gasteiger charge is -2.06. The van der Waals surface area contributed by atoms with Crippen LogP contribution in [0.2, 0.25) is 0 Å². The highest BCUT2D eigenvalue weighted by molar-refractivity contribution is 6.01. The van der Waals surface area contributed by atoms with Gasteiger partial charge in [-0.1, -0.05) is 12.1 Å². The average molecular weight is 413 g/mol. The standard InChI is InChI=1S/C22H16FN7O/c1-14-26-21(28-30(14)17-9-6-15(23)7-10-17)22(31)27-16-8-11-20(24-12-16)29-13-25-18-4-2-3-5-19(18)29/h2-13H,1H3,(H,27,31). The van der Waals surface area contributed by atoms with Crippen molar-refractivity contribution in [2.45, 2.75) is 6.92 Å². The average Bonchev–Trinajstić information content (AvgIpc) is 3.39. The van der Waals surface area contributed by atoms with Crippen molar-refractivity contribution in [3.8, 4) is 11.5 Å². The summed E-state index contributed by atoms with van der Waals surface area (Å²) < 4.78 is 16.5. The third-order valence-corrected chi connectivity index (χ3v) is 4.75. The number of rotatable bonds is 4. The molecule has 0 radical (unpaired) electrons. The van der Waals surface area contributed by atoms with Gasteiger partial charge in [-0.2, -0.15) is 0 Å². The van der Waals surface area contributed by atoms with E-state index in [4.69, 9.17) is 0 Å². The number of hydrogen-bond acceptors (Lipinski definition) is 5. The molecule has 0 bridgehead atoms. The zero-order valence-corrected chi connectivity index (χ0v) is 16.4. The molecule has 5 rings (SSSR count). The molecule has 5 aromatic rings. The van der Waals surface area contributed by atoms with Gasteiger partial charge in [0.1, 0.15) is 23.8 Å². The molecule has 0 aliphatic heterocycles. The lowest BCUT2D eigenvalue weighted by atomic mass is 10.3. The van der Waals surface area contributed by atoms with E-state index < -0.39 is 5.91 Å². The molecule has 0 saturated heterocycles. The van der Waals surface area contributed by atoms with Crippen LogP contribution >= 0.6 is 0 Å². The minimum atomic E-state index is -0.466. The molecule has 3 heterocycles. The van der Waals surface area contributed by atoms with Gasteiger partial charge >= 0.3 is 0 Å². The molecule has 0 saturated carbocycles. The summed E-state index contributed by atoms with van der Waals surface area (Å²) in [5.74, 6) is 0.385. The molecule has 0 spiro atoms. The molecular formula is C22H16FN7O. The van der Waals surface area contributed by atoms with Gasteiger partial charge in [-0.25, -0.2) is 24.0 Å². The Bertz CT molecular complexity index is 1390. The van der Waals surface area contributed by atoms with Gasteiger partial charge in [-0.15, -0.1) is 5.10 Å². The topological polar surface area (TPSA) is 90.5 Å². The lowest BCUT2D eigenvalue weighted by Crippen LogP contribution is -2.14. The largest absolute Gasteiger partial charge is 0.318 e. The second-order valence-electron chi connectivity index (χ2n) is 6.83. The number of imidazole rings is 1. The molecule has 0 fully saturated rings. The van der Waals surface area contributed by atoms with Crippen molar-refractivity contribution in [1.29, 1.82) is 0 Å². The second-order valence-corrected chi connectivity index (χ2v) is 6.83. The smallest absolute Gasteiger partial charge is 0.295 e. The summed E-state index contributed by atoms with van der Waals surface area (Å²) in [6.07, 6.45) is 3.27. The fourth-order valence-corrected chi connectivity index (χ4v) is 3.24. The van der Waals surface area contributed by atoms with Crippen LogP contribution in [0.5, 0.6) is 0 Å². The molecule has 1 amide bonds. The summed E-state index contributed by atoms with van der Waals surface area (Å²) >= 11 is 0. The number of para-hydroxylation sites is 2. The maximum absolute atomic E-state index is 13.2. The molecule has 8 nitrogen and oxygen atoms in total. The van der Waals surface area contributed by atoms with Gasteiger partial charge in [-0.3, -0.25) is 9.36 Å². The van der Waals surface area contributed by atoms with Crippen molar-refractivity contribution in [2.24, 2.45) is 0 Å². The Hall–Kier alpha value is -4.40.